The Morgan fingerprint density at radius 3 is 2.00 bits per heavy atom. The number of rotatable bonds is 5. The average Bonchev–Trinajstić information content (AvgIpc) is 2.78. The molecule has 0 spiro atoms. The molecule has 0 bridgehead atoms. The van der Waals surface area contributed by atoms with E-state index in [9.17, 15) is 4.79 Å². The minimum atomic E-state index is -0.459. The first-order chi connectivity index (χ1) is 14.1. The molecular weight excluding hydrogens is 354 g/mol. The predicted octanol–water partition coefficient (Wildman–Crippen LogP) is 6.42. The van der Waals surface area contributed by atoms with Gasteiger partial charge >= 0.3 is 0 Å². The Morgan fingerprint density at radius 2 is 1.31 bits per heavy atom. The zero-order valence-corrected chi connectivity index (χ0v) is 16.9. The number of hydrogen-bond acceptors (Lipinski definition) is 1. The van der Waals surface area contributed by atoms with Crippen LogP contribution in [-0.2, 0) is 12.1 Å². The fourth-order valence-electron chi connectivity index (χ4n) is 3.77. The summed E-state index contributed by atoms with van der Waals surface area (Å²) < 4.78 is 0. The third-order valence-electron chi connectivity index (χ3n) is 5.58. The third-order valence-corrected chi connectivity index (χ3v) is 5.58. The Balaban J connectivity index is 1.77. The average molecular weight is 380 g/mol. The lowest BCUT2D eigenvalue weighted by molar-refractivity contribution is 0.0514. The number of nitrogens with zero attached hydrogens (tertiary/aromatic N) is 1. The SMILES string of the molecule is CC(C)(c1ccccc1)N(Cc1ccccc1)C(=O)c1ccc2ccccc2c1. The van der Waals surface area contributed by atoms with E-state index in [1.165, 1.54) is 0 Å². The summed E-state index contributed by atoms with van der Waals surface area (Å²) in [5.41, 5.74) is 2.49. The number of benzene rings is 4. The van der Waals surface area contributed by atoms with Gasteiger partial charge in [0.25, 0.3) is 5.91 Å². The van der Waals surface area contributed by atoms with E-state index in [0.29, 0.717) is 12.1 Å². The molecule has 0 saturated carbocycles. The van der Waals surface area contributed by atoms with Crippen LogP contribution in [0.3, 0.4) is 0 Å². The van der Waals surface area contributed by atoms with Gasteiger partial charge in [-0.05, 0) is 47.9 Å². The van der Waals surface area contributed by atoms with E-state index in [-0.39, 0.29) is 5.91 Å². The lowest BCUT2D eigenvalue weighted by Crippen LogP contribution is -2.45. The fraction of sp³-hybridized carbons (Fsp3) is 0.148. The molecule has 144 valence electrons. The Labute approximate surface area is 172 Å². The molecule has 4 rings (SSSR count). The van der Waals surface area contributed by atoms with Crippen LogP contribution in [0.2, 0.25) is 0 Å². The van der Waals surface area contributed by atoms with Crippen LogP contribution in [0.4, 0.5) is 0 Å². The van der Waals surface area contributed by atoms with Crippen molar-refractivity contribution < 1.29 is 4.79 Å². The van der Waals surface area contributed by atoms with E-state index in [1.807, 2.05) is 71.6 Å². The van der Waals surface area contributed by atoms with Crippen LogP contribution in [0.1, 0.15) is 35.3 Å². The van der Waals surface area contributed by atoms with Gasteiger partial charge in [0.15, 0.2) is 0 Å². The largest absolute Gasteiger partial charge is 0.325 e. The molecule has 0 saturated heterocycles. The zero-order chi connectivity index (χ0) is 20.3. The molecule has 0 aromatic heterocycles. The van der Waals surface area contributed by atoms with Crippen molar-refractivity contribution in [3.8, 4) is 0 Å². The van der Waals surface area contributed by atoms with E-state index in [0.717, 1.165) is 21.9 Å². The Kier molecular flexibility index (Phi) is 5.18. The summed E-state index contributed by atoms with van der Waals surface area (Å²) in [5.74, 6) is 0.0356. The van der Waals surface area contributed by atoms with Crippen LogP contribution >= 0.6 is 0 Å². The molecule has 0 unspecified atom stereocenters. The van der Waals surface area contributed by atoms with Crippen LogP contribution in [0, 0.1) is 0 Å². The summed E-state index contributed by atoms with van der Waals surface area (Å²) in [6.45, 7) is 4.78. The van der Waals surface area contributed by atoms with Gasteiger partial charge in [-0.2, -0.15) is 0 Å². The minimum absolute atomic E-state index is 0.0356. The van der Waals surface area contributed by atoms with Crippen molar-refractivity contribution >= 4 is 16.7 Å². The smallest absolute Gasteiger partial charge is 0.254 e. The highest BCUT2D eigenvalue weighted by molar-refractivity contribution is 5.99. The van der Waals surface area contributed by atoms with Gasteiger partial charge in [0.2, 0.25) is 0 Å². The summed E-state index contributed by atoms with van der Waals surface area (Å²) >= 11 is 0. The zero-order valence-electron chi connectivity index (χ0n) is 16.9. The van der Waals surface area contributed by atoms with E-state index in [2.05, 4.69) is 50.2 Å². The van der Waals surface area contributed by atoms with Crippen LogP contribution in [0.15, 0.2) is 103 Å². The van der Waals surface area contributed by atoms with Crippen LogP contribution < -0.4 is 0 Å². The standard InChI is InChI=1S/C27H25NO/c1-27(2,25-15-7-4-8-16-25)28(20-21-11-5-3-6-12-21)26(29)24-18-17-22-13-9-10-14-23(22)19-24/h3-19H,20H2,1-2H3. The molecule has 0 atom stereocenters. The van der Waals surface area contributed by atoms with Crippen molar-refractivity contribution in [2.45, 2.75) is 25.9 Å². The first kappa shape index (κ1) is 18.9. The monoisotopic (exact) mass is 379 g/mol. The lowest BCUT2D eigenvalue weighted by Gasteiger charge is -2.39. The highest BCUT2D eigenvalue weighted by Crippen LogP contribution is 2.31. The quantitative estimate of drug-likeness (QED) is 0.392. The summed E-state index contributed by atoms with van der Waals surface area (Å²) in [4.78, 5) is 15.7. The molecule has 0 heterocycles. The summed E-state index contributed by atoms with van der Waals surface area (Å²) in [6.07, 6.45) is 0. The van der Waals surface area contributed by atoms with Crippen molar-refractivity contribution in [1.82, 2.24) is 4.90 Å². The van der Waals surface area contributed by atoms with E-state index in [1.54, 1.807) is 0 Å². The molecule has 0 aliphatic carbocycles. The second-order valence-electron chi connectivity index (χ2n) is 7.86. The molecule has 0 radical (unpaired) electrons. The summed E-state index contributed by atoms with van der Waals surface area (Å²) in [6, 6.07) is 34.5. The van der Waals surface area contributed by atoms with Crippen LogP contribution in [0.25, 0.3) is 10.8 Å². The van der Waals surface area contributed by atoms with Gasteiger partial charge in [0.1, 0.15) is 0 Å². The molecule has 0 N–H and O–H groups in total. The van der Waals surface area contributed by atoms with Crippen molar-refractivity contribution in [1.29, 1.82) is 0 Å². The number of carbonyl (C=O) groups is 1. The van der Waals surface area contributed by atoms with Crippen molar-refractivity contribution in [3.63, 3.8) is 0 Å². The molecule has 0 fully saturated rings. The molecule has 2 heteroatoms. The number of fused-ring (bicyclic) bond motifs is 1. The second kappa shape index (κ2) is 7.92. The van der Waals surface area contributed by atoms with Crippen molar-refractivity contribution in [3.05, 3.63) is 120 Å². The number of hydrogen-bond donors (Lipinski definition) is 0. The highest BCUT2D eigenvalue weighted by Gasteiger charge is 2.33. The molecule has 0 aliphatic rings. The number of amides is 1. The van der Waals surface area contributed by atoms with Crippen molar-refractivity contribution in [2.24, 2.45) is 0 Å². The predicted molar refractivity (Wildman–Crippen MR) is 120 cm³/mol. The van der Waals surface area contributed by atoms with Crippen LogP contribution in [-0.4, -0.2) is 10.8 Å². The fourth-order valence-corrected chi connectivity index (χ4v) is 3.77. The minimum Gasteiger partial charge on any atom is -0.325 e. The van der Waals surface area contributed by atoms with Gasteiger partial charge < -0.3 is 4.90 Å². The number of carbonyl (C=O) groups excluding carboxylic acids is 1. The maximum Gasteiger partial charge on any atom is 0.254 e. The first-order valence-electron chi connectivity index (χ1n) is 9.96. The van der Waals surface area contributed by atoms with Crippen molar-refractivity contribution in [2.75, 3.05) is 0 Å². The molecule has 2 nitrogen and oxygen atoms in total. The van der Waals surface area contributed by atoms with Gasteiger partial charge in [-0.3, -0.25) is 4.79 Å². The van der Waals surface area contributed by atoms with Crippen LogP contribution in [0.5, 0.6) is 0 Å². The lowest BCUT2D eigenvalue weighted by atomic mass is 9.90. The molecule has 4 aromatic rings. The summed E-state index contributed by atoms with van der Waals surface area (Å²) in [7, 11) is 0. The van der Waals surface area contributed by atoms with E-state index >= 15 is 0 Å². The maximum absolute atomic E-state index is 13.7. The van der Waals surface area contributed by atoms with E-state index < -0.39 is 5.54 Å². The Hall–Kier alpha value is -3.39. The van der Waals surface area contributed by atoms with Gasteiger partial charge in [0, 0.05) is 12.1 Å². The maximum atomic E-state index is 13.7. The van der Waals surface area contributed by atoms with Gasteiger partial charge in [-0.25, -0.2) is 0 Å². The van der Waals surface area contributed by atoms with Gasteiger partial charge in [-0.1, -0.05) is 91.0 Å². The molecular formula is C27H25NO. The Bertz CT molecular complexity index is 1120. The molecule has 0 aliphatic heterocycles. The molecule has 29 heavy (non-hydrogen) atoms. The Morgan fingerprint density at radius 1 is 0.724 bits per heavy atom. The second-order valence-corrected chi connectivity index (χ2v) is 7.86. The third kappa shape index (κ3) is 3.93. The normalized spacial score (nSPS) is 11.4. The van der Waals surface area contributed by atoms with Gasteiger partial charge in [-0.15, -0.1) is 0 Å². The first-order valence-corrected chi connectivity index (χ1v) is 9.96. The molecule has 4 aromatic carbocycles. The van der Waals surface area contributed by atoms with Gasteiger partial charge in [0.05, 0.1) is 5.54 Å². The highest BCUT2D eigenvalue weighted by atomic mass is 16.2. The van der Waals surface area contributed by atoms with E-state index in [4.69, 9.17) is 0 Å². The topological polar surface area (TPSA) is 20.3 Å². The summed E-state index contributed by atoms with van der Waals surface area (Å²) in [5, 5.41) is 2.22. The molecule has 1 amide bonds.